The highest BCUT2D eigenvalue weighted by molar-refractivity contribution is 5.56. The number of hydrogen-bond acceptors (Lipinski definition) is 3. The molecule has 0 amide bonds. The molecule has 0 spiro atoms. The number of nitrogens with two attached hydrogens (primary N) is 1. The second-order valence-electron chi connectivity index (χ2n) is 5.33. The molecule has 0 saturated carbocycles. The van der Waals surface area contributed by atoms with E-state index >= 15 is 0 Å². The zero-order valence-corrected chi connectivity index (χ0v) is 12.3. The van der Waals surface area contributed by atoms with Crippen LogP contribution in [0.2, 0.25) is 0 Å². The van der Waals surface area contributed by atoms with E-state index in [1.54, 1.807) is 0 Å². The predicted molar refractivity (Wildman–Crippen MR) is 82.8 cm³/mol. The lowest BCUT2D eigenvalue weighted by Gasteiger charge is -2.14. The van der Waals surface area contributed by atoms with Crippen LogP contribution in [-0.2, 0) is 0 Å². The summed E-state index contributed by atoms with van der Waals surface area (Å²) in [6.07, 6.45) is 4.77. The molecule has 1 aromatic carbocycles. The fourth-order valence-corrected chi connectivity index (χ4v) is 1.84. The smallest absolute Gasteiger partial charge is 0.142 e. The van der Waals surface area contributed by atoms with Gasteiger partial charge in [-0.15, -0.1) is 0 Å². The quantitative estimate of drug-likeness (QED) is 0.634. The Bertz CT molecular complexity index is 339. The van der Waals surface area contributed by atoms with Gasteiger partial charge < -0.3 is 15.8 Å². The van der Waals surface area contributed by atoms with Gasteiger partial charge in [-0.2, -0.15) is 0 Å². The fraction of sp³-hybridized carbons (Fsp3) is 0.625. The number of ether oxygens (including phenoxy) is 1. The Morgan fingerprint density at radius 2 is 1.84 bits per heavy atom. The molecule has 1 rings (SSSR count). The molecule has 0 saturated heterocycles. The number of benzene rings is 1. The van der Waals surface area contributed by atoms with Crippen molar-refractivity contribution in [2.24, 2.45) is 11.7 Å². The van der Waals surface area contributed by atoms with Crippen molar-refractivity contribution < 1.29 is 4.74 Å². The Morgan fingerprint density at radius 3 is 2.58 bits per heavy atom. The molecule has 19 heavy (non-hydrogen) atoms. The number of nitrogens with one attached hydrogen (secondary N) is 1. The Balaban J connectivity index is 2.31. The van der Waals surface area contributed by atoms with Gasteiger partial charge in [0.15, 0.2) is 0 Å². The minimum absolute atomic E-state index is 0.546. The molecule has 0 radical (unpaired) electrons. The minimum Gasteiger partial charge on any atom is -0.491 e. The average Bonchev–Trinajstić information content (AvgIpc) is 2.41. The molecular formula is C16H28N2O. The van der Waals surface area contributed by atoms with Gasteiger partial charge in [0.05, 0.1) is 12.3 Å². The molecule has 0 heterocycles. The second kappa shape index (κ2) is 9.68. The molecule has 0 unspecified atom stereocenters. The standard InChI is InChI=1S/C16H28N2O/c1-14(2)13-19-16-10-6-5-9-15(16)18-12-8-4-3-7-11-17/h5-6,9-10,14,18H,3-4,7-8,11-13,17H2,1-2H3. The van der Waals surface area contributed by atoms with Crippen LogP contribution in [0, 0.1) is 5.92 Å². The number of hydrogen-bond donors (Lipinski definition) is 2. The first-order valence-electron chi connectivity index (χ1n) is 7.39. The summed E-state index contributed by atoms with van der Waals surface area (Å²) >= 11 is 0. The third kappa shape index (κ3) is 7.06. The molecule has 0 aliphatic carbocycles. The highest BCUT2D eigenvalue weighted by Crippen LogP contribution is 2.24. The van der Waals surface area contributed by atoms with E-state index in [9.17, 15) is 0 Å². The zero-order chi connectivity index (χ0) is 13.9. The largest absolute Gasteiger partial charge is 0.491 e. The first-order chi connectivity index (χ1) is 9.24. The Morgan fingerprint density at radius 1 is 1.11 bits per heavy atom. The van der Waals surface area contributed by atoms with Crippen molar-refractivity contribution in [2.75, 3.05) is 25.0 Å². The van der Waals surface area contributed by atoms with Crippen molar-refractivity contribution in [1.29, 1.82) is 0 Å². The average molecular weight is 264 g/mol. The second-order valence-corrected chi connectivity index (χ2v) is 5.33. The van der Waals surface area contributed by atoms with Crippen LogP contribution in [0.5, 0.6) is 5.75 Å². The van der Waals surface area contributed by atoms with Crippen LogP contribution in [-0.4, -0.2) is 19.7 Å². The first-order valence-corrected chi connectivity index (χ1v) is 7.39. The summed E-state index contributed by atoms with van der Waals surface area (Å²) in [5.74, 6) is 1.50. The molecule has 3 heteroatoms. The lowest BCUT2D eigenvalue weighted by atomic mass is 10.2. The molecule has 3 nitrogen and oxygen atoms in total. The molecule has 108 valence electrons. The van der Waals surface area contributed by atoms with Gasteiger partial charge in [0.2, 0.25) is 0 Å². The van der Waals surface area contributed by atoms with E-state index in [1.807, 2.05) is 18.2 Å². The predicted octanol–water partition coefficient (Wildman–Crippen LogP) is 3.65. The fourth-order valence-electron chi connectivity index (χ4n) is 1.84. The van der Waals surface area contributed by atoms with E-state index in [-0.39, 0.29) is 0 Å². The lowest BCUT2D eigenvalue weighted by Crippen LogP contribution is -2.08. The van der Waals surface area contributed by atoms with Crippen molar-refractivity contribution in [2.45, 2.75) is 39.5 Å². The van der Waals surface area contributed by atoms with E-state index in [4.69, 9.17) is 10.5 Å². The lowest BCUT2D eigenvalue weighted by molar-refractivity contribution is 0.272. The van der Waals surface area contributed by atoms with Gasteiger partial charge in [0, 0.05) is 6.54 Å². The molecule has 0 atom stereocenters. The summed E-state index contributed by atoms with van der Waals surface area (Å²) in [5, 5.41) is 3.46. The van der Waals surface area contributed by atoms with Crippen molar-refractivity contribution in [1.82, 2.24) is 0 Å². The van der Waals surface area contributed by atoms with Gasteiger partial charge in [-0.25, -0.2) is 0 Å². The number of anilines is 1. The van der Waals surface area contributed by atoms with Gasteiger partial charge >= 0.3 is 0 Å². The van der Waals surface area contributed by atoms with E-state index < -0.39 is 0 Å². The van der Waals surface area contributed by atoms with E-state index in [0.29, 0.717) is 5.92 Å². The maximum atomic E-state index is 5.82. The van der Waals surface area contributed by atoms with Crippen LogP contribution in [0.1, 0.15) is 39.5 Å². The number of rotatable bonds is 10. The Labute approximate surface area is 117 Å². The molecule has 0 bridgehead atoms. The maximum absolute atomic E-state index is 5.82. The Hall–Kier alpha value is -1.22. The summed E-state index contributed by atoms with van der Waals surface area (Å²) in [7, 11) is 0. The van der Waals surface area contributed by atoms with Crippen LogP contribution in [0.15, 0.2) is 24.3 Å². The maximum Gasteiger partial charge on any atom is 0.142 e. The van der Waals surface area contributed by atoms with Gasteiger partial charge in [0.25, 0.3) is 0 Å². The third-order valence-electron chi connectivity index (χ3n) is 2.91. The third-order valence-corrected chi connectivity index (χ3v) is 2.91. The summed E-state index contributed by atoms with van der Waals surface area (Å²) in [5.41, 5.74) is 6.58. The van der Waals surface area contributed by atoms with E-state index in [1.165, 1.54) is 19.3 Å². The summed E-state index contributed by atoms with van der Waals surface area (Å²) < 4.78 is 5.82. The van der Waals surface area contributed by atoms with Crippen molar-refractivity contribution >= 4 is 5.69 Å². The number of para-hydroxylation sites is 2. The first kappa shape index (κ1) is 15.8. The highest BCUT2D eigenvalue weighted by Gasteiger charge is 2.03. The summed E-state index contributed by atoms with van der Waals surface area (Å²) in [4.78, 5) is 0. The minimum atomic E-state index is 0.546. The van der Waals surface area contributed by atoms with E-state index in [2.05, 4.69) is 25.2 Å². The summed E-state index contributed by atoms with van der Waals surface area (Å²) in [6, 6.07) is 8.16. The zero-order valence-electron chi connectivity index (χ0n) is 12.3. The monoisotopic (exact) mass is 264 g/mol. The van der Waals surface area contributed by atoms with Crippen molar-refractivity contribution in [3.05, 3.63) is 24.3 Å². The molecule has 0 fully saturated rings. The van der Waals surface area contributed by atoms with Crippen molar-refractivity contribution in [3.63, 3.8) is 0 Å². The van der Waals surface area contributed by atoms with Crippen LogP contribution < -0.4 is 15.8 Å². The summed E-state index contributed by atoms with van der Waals surface area (Å²) in [6.45, 7) is 6.88. The molecule has 3 N–H and O–H groups in total. The van der Waals surface area contributed by atoms with Crippen LogP contribution >= 0.6 is 0 Å². The topological polar surface area (TPSA) is 47.3 Å². The van der Waals surface area contributed by atoms with E-state index in [0.717, 1.165) is 37.6 Å². The molecule has 0 aliphatic heterocycles. The van der Waals surface area contributed by atoms with Crippen LogP contribution in [0.3, 0.4) is 0 Å². The Kier molecular flexibility index (Phi) is 8.07. The molecule has 1 aromatic rings. The molecular weight excluding hydrogens is 236 g/mol. The van der Waals surface area contributed by atoms with Gasteiger partial charge in [-0.1, -0.05) is 38.8 Å². The highest BCUT2D eigenvalue weighted by atomic mass is 16.5. The van der Waals surface area contributed by atoms with Gasteiger partial charge in [-0.05, 0) is 37.4 Å². The van der Waals surface area contributed by atoms with Gasteiger partial charge in [-0.3, -0.25) is 0 Å². The number of unbranched alkanes of at least 4 members (excludes halogenated alkanes) is 3. The van der Waals surface area contributed by atoms with Crippen molar-refractivity contribution in [3.8, 4) is 5.75 Å². The van der Waals surface area contributed by atoms with Crippen LogP contribution in [0.4, 0.5) is 5.69 Å². The SMILES string of the molecule is CC(C)COc1ccccc1NCCCCCCN. The molecule has 0 aromatic heterocycles. The normalized spacial score (nSPS) is 10.7. The van der Waals surface area contributed by atoms with Gasteiger partial charge in [0.1, 0.15) is 5.75 Å². The molecule has 0 aliphatic rings. The van der Waals surface area contributed by atoms with Crippen LogP contribution in [0.25, 0.3) is 0 Å².